The van der Waals surface area contributed by atoms with Crippen LogP contribution in [-0.2, 0) is 0 Å². The molecule has 1 N–H and O–H groups in total. The molecule has 0 aromatic carbocycles. The van der Waals surface area contributed by atoms with E-state index in [1.807, 2.05) is 0 Å². The minimum atomic E-state index is -0.0855. The van der Waals surface area contributed by atoms with Crippen LogP contribution in [0.25, 0.3) is 0 Å². The largest absolute Gasteiger partial charge is 0.393 e. The Labute approximate surface area is 172 Å². The van der Waals surface area contributed by atoms with E-state index in [-0.39, 0.29) is 6.10 Å². The van der Waals surface area contributed by atoms with Crippen molar-refractivity contribution in [3.63, 3.8) is 0 Å². The molecule has 0 amide bonds. The first-order chi connectivity index (χ1) is 13.4. The topological polar surface area (TPSA) is 32.6 Å². The Kier molecular flexibility index (Phi) is 4.81. The van der Waals surface area contributed by atoms with Crippen molar-refractivity contribution in [2.45, 2.75) is 97.5 Å². The zero-order valence-electron chi connectivity index (χ0n) is 18.4. The molecule has 0 aromatic rings. The van der Waals surface area contributed by atoms with Crippen LogP contribution in [0.2, 0.25) is 0 Å². The molecule has 8 atom stereocenters. The van der Waals surface area contributed by atoms with Crippen LogP contribution in [0.15, 0.2) is 16.6 Å². The summed E-state index contributed by atoms with van der Waals surface area (Å²) in [5, 5.41) is 10.2. The summed E-state index contributed by atoms with van der Waals surface area (Å²) in [6, 6.07) is 0. The van der Waals surface area contributed by atoms with Gasteiger partial charge in [-0.1, -0.05) is 32.4 Å². The van der Waals surface area contributed by atoms with Gasteiger partial charge in [0.05, 0.1) is 6.10 Å². The van der Waals surface area contributed by atoms with Crippen molar-refractivity contribution in [2.75, 3.05) is 6.54 Å². The van der Waals surface area contributed by atoms with E-state index in [1.165, 1.54) is 57.8 Å². The lowest BCUT2D eigenvalue weighted by atomic mass is 9.47. The highest BCUT2D eigenvalue weighted by atomic mass is 16.3. The molecule has 4 aliphatic carbocycles. The van der Waals surface area contributed by atoms with Gasteiger partial charge >= 0.3 is 0 Å². The Balaban J connectivity index is 1.40. The monoisotopic (exact) mass is 383 g/mol. The number of aliphatic hydroxyl groups excluding tert-OH is 1. The highest BCUT2D eigenvalue weighted by molar-refractivity contribution is 5.87. The summed E-state index contributed by atoms with van der Waals surface area (Å²) in [6.45, 7) is 8.81. The van der Waals surface area contributed by atoms with Crippen LogP contribution in [0.4, 0.5) is 0 Å². The minimum absolute atomic E-state index is 0.0855. The van der Waals surface area contributed by atoms with Gasteiger partial charge in [-0.25, -0.2) is 0 Å². The van der Waals surface area contributed by atoms with Gasteiger partial charge in [-0.15, -0.1) is 0 Å². The molecule has 2 nitrogen and oxygen atoms in total. The molecule has 0 aromatic heterocycles. The quantitative estimate of drug-likeness (QED) is 0.567. The predicted octanol–water partition coefficient (Wildman–Crippen LogP) is 6.19. The SMILES string of the molecule is CC(C1=NCCCC1)C1CCC2C3CC=C4CC(O)CCC4(C)C3CCC12C. The molecular weight excluding hydrogens is 342 g/mol. The van der Waals surface area contributed by atoms with E-state index in [0.29, 0.717) is 16.7 Å². The zero-order valence-corrected chi connectivity index (χ0v) is 18.4. The van der Waals surface area contributed by atoms with Crippen LogP contribution >= 0.6 is 0 Å². The maximum atomic E-state index is 10.2. The van der Waals surface area contributed by atoms with E-state index >= 15 is 0 Å². The zero-order chi connectivity index (χ0) is 19.5. The first-order valence-corrected chi connectivity index (χ1v) is 12.3. The lowest BCUT2D eigenvalue weighted by Gasteiger charge is -2.58. The summed E-state index contributed by atoms with van der Waals surface area (Å²) in [5.74, 6) is 4.19. The number of hydrogen-bond donors (Lipinski definition) is 1. The number of aliphatic imine (C=N–C) groups is 1. The van der Waals surface area contributed by atoms with E-state index in [0.717, 1.165) is 43.1 Å². The number of fused-ring (bicyclic) bond motifs is 5. The molecule has 28 heavy (non-hydrogen) atoms. The van der Waals surface area contributed by atoms with Crippen LogP contribution in [0.5, 0.6) is 0 Å². The van der Waals surface area contributed by atoms with E-state index in [4.69, 9.17) is 4.99 Å². The van der Waals surface area contributed by atoms with Gasteiger partial charge in [-0.3, -0.25) is 4.99 Å². The van der Waals surface area contributed by atoms with Crippen molar-refractivity contribution >= 4 is 5.71 Å². The first kappa shape index (κ1) is 19.3. The van der Waals surface area contributed by atoms with E-state index in [9.17, 15) is 5.11 Å². The molecule has 5 rings (SSSR count). The lowest BCUT2D eigenvalue weighted by Crippen LogP contribution is -2.51. The van der Waals surface area contributed by atoms with Crippen LogP contribution in [0, 0.1) is 40.4 Å². The molecular formula is C26H41NO. The van der Waals surface area contributed by atoms with Gasteiger partial charge in [0.1, 0.15) is 0 Å². The number of allylic oxidation sites excluding steroid dienone is 1. The van der Waals surface area contributed by atoms with Gasteiger partial charge in [0.25, 0.3) is 0 Å². The third-order valence-electron chi connectivity index (χ3n) is 10.4. The first-order valence-electron chi connectivity index (χ1n) is 12.3. The van der Waals surface area contributed by atoms with Crippen molar-refractivity contribution in [3.8, 4) is 0 Å². The lowest BCUT2D eigenvalue weighted by molar-refractivity contribution is -0.0532. The third-order valence-corrected chi connectivity index (χ3v) is 10.4. The van der Waals surface area contributed by atoms with Crippen LogP contribution < -0.4 is 0 Å². The maximum Gasteiger partial charge on any atom is 0.0577 e. The smallest absolute Gasteiger partial charge is 0.0577 e. The van der Waals surface area contributed by atoms with Gasteiger partial charge in [-0.05, 0) is 111 Å². The molecule has 8 unspecified atom stereocenters. The molecule has 0 saturated heterocycles. The summed E-state index contributed by atoms with van der Waals surface area (Å²) in [7, 11) is 0. The van der Waals surface area contributed by atoms with E-state index < -0.39 is 0 Å². The number of aliphatic hydroxyl groups is 1. The average molecular weight is 384 g/mol. The fourth-order valence-electron chi connectivity index (χ4n) is 8.83. The fraction of sp³-hybridized carbons (Fsp3) is 0.885. The second-order valence-corrected chi connectivity index (χ2v) is 11.5. The van der Waals surface area contributed by atoms with Crippen molar-refractivity contribution in [1.82, 2.24) is 0 Å². The van der Waals surface area contributed by atoms with Gasteiger partial charge < -0.3 is 5.11 Å². The molecule has 0 spiro atoms. The van der Waals surface area contributed by atoms with Crippen LogP contribution in [-0.4, -0.2) is 23.5 Å². The highest BCUT2D eigenvalue weighted by Crippen LogP contribution is 2.67. The summed E-state index contributed by atoms with van der Waals surface area (Å²) in [5.41, 5.74) is 4.06. The van der Waals surface area contributed by atoms with Crippen LogP contribution in [0.1, 0.15) is 91.4 Å². The van der Waals surface area contributed by atoms with Crippen molar-refractivity contribution in [1.29, 1.82) is 0 Å². The standard InChI is InChI=1S/C26H41NO/c1-17(24-6-4-5-15-27-24)21-9-10-22-20-8-7-18-16-19(28)11-13-25(18,2)23(20)12-14-26(21,22)3/h7,17,19-23,28H,4-6,8-16H2,1-3H3. The Bertz CT molecular complexity index is 680. The van der Waals surface area contributed by atoms with E-state index in [1.54, 1.807) is 11.3 Å². The molecule has 5 aliphatic rings. The summed E-state index contributed by atoms with van der Waals surface area (Å²) < 4.78 is 0. The molecule has 2 heteroatoms. The third kappa shape index (κ3) is 2.80. The fourth-order valence-corrected chi connectivity index (χ4v) is 8.83. The Morgan fingerprint density at radius 2 is 1.93 bits per heavy atom. The average Bonchev–Trinajstić information content (AvgIpc) is 3.06. The second kappa shape index (κ2) is 6.96. The Hall–Kier alpha value is -0.630. The van der Waals surface area contributed by atoms with Crippen LogP contribution in [0.3, 0.4) is 0 Å². The molecule has 1 heterocycles. The van der Waals surface area contributed by atoms with Crippen molar-refractivity contribution < 1.29 is 5.11 Å². The Morgan fingerprint density at radius 1 is 1.07 bits per heavy atom. The van der Waals surface area contributed by atoms with Gasteiger partial charge in [0.2, 0.25) is 0 Å². The molecule has 0 bridgehead atoms. The summed E-state index contributed by atoms with van der Waals surface area (Å²) in [4.78, 5) is 4.98. The summed E-state index contributed by atoms with van der Waals surface area (Å²) >= 11 is 0. The predicted molar refractivity (Wildman–Crippen MR) is 117 cm³/mol. The van der Waals surface area contributed by atoms with Crippen molar-refractivity contribution in [3.05, 3.63) is 11.6 Å². The molecule has 3 saturated carbocycles. The van der Waals surface area contributed by atoms with Gasteiger partial charge in [0.15, 0.2) is 0 Å². The number of hydrogen-bond acceptors (Lipinski definition) is 2. The Morgan fingerprint density at radius 3 is 2.71 bits per heavy atom. The summed E-state index contributed by atoms with van der Waals surface area (Å²) in [6.07, 6.45) is 16.6. The van der Waals surface area contributed by atoms with E-state index in [2.05, 4.69) is 26.8 Å². The number of rotatable bonds is 2. The van der Waals surface area contributed by atoms with Gasteiger partial charge in [0, 0.05) is 12.3 Å². The molecule has 3 fully saturated rings. The highest BCUT2D eigenvalue weighted by Gasteiger charge is 2.59. The minimum Gasteiger partial charge on any atom is -0.393 e. The normalized spacial score (nSPS) is 49.4. The molecule has 1 aliphatic heterocycles. The molecule has 156 valence electrons. The molecule has 0 radical (unpaired) electrons. The number of nitrogens with zero attached hydrogens (tertiary/aromatic N) is 1. The van der Waals surface area contributed by atoms with Crippen molar-refractivity contribution in [2.24, 2.45) is 45.4 Å². The second-order valence-electron chi connectivity index (χ2n) is 11.5. The maximum absolute atomic E-state index is 10.2. The van der Waals surface area contributed by atoms with Gasteiger partial charge in [-0.2, -0.15) is 0 Å².